The molecule has 5 nitrogen and oxygen atoms in total. The van der Waals surface area contributed by atoms with Crippen LogP contribution in [0.3, 0.4) is 0 Å². The first-order chi connectivity index (χ1) is 13.1. The van der Waals surface area contributed by atoms with Gasteiger partial charge in [-0.3, -0.25) is 4.79 Å². The van der Waals surface area contributed by atoms with E-state index in [0.29, 0.717) is 22.3 Å². The summed E-state index contributed by atoms with van der Waals surface area (Å²) in [4.78, 5) is 27.3. The quantitative estimate of drug-likeness (QED) is 0.727. The molecule has 1 aliphatic heterocycles. The third-order valence-electron chi connectivity index (χ3n) is 5.04. The second-order valence-electron chi connectivity index (χ2n) is 7.14. The second-order valence-corrected chi connectivity index (χ2v) is 7.14. The summed E-state index contributed by atoms with van der Waals surface area (Å²) in [6.45, 7) is 1.93. The van der Waals surface area contributed by atoms with Crippen LogP contribution in [0.1, 0.15) is 23.2 Å². The van der Waals surface area contributed by atoms with Crippen molar-refractivity contribution in [3.05, 3.63) is 70.6 Å². The Balaban J connectivity index is 1.62. The number of carbonyl (C=O) groups excluding carboxylic acids is 1. The van der Waals surface area contributed by atoms with Gasteiger partial charge in [0.15, 0.2) is 0 Å². The number of hydrogen-bond donors (Lipinski definition) is 1. The predicted molar refractivity (Wildman–Crippen MR) is 106 cm³/mol. The molecule has 1 N–H and O–H groups in total. The van der Waals surface area contributed by atoms with Crippen molar-refractivity contribution in [2.45, 2.75) is 18.9 Å². The lowest BCUT2D eigenvalue weighted by molar-refractivity contribution is 0.0912. The minimum absolute atomic E-state index is 0.109. The molecule has 4 rings (SSSR count). The van der Waals surface area contributed by atoms with E-state index in [1.54, 1.807) is 24.3 Å². The normalized spacial score (nSPS) is 17.7. The van der Waals surface area contributed by atoms with E-state index in [2.05, 4.69) is 17.3 Å². The van der Waals surface area contributed by atoms with Gasteiger partial charge in [0.2, 0.25) is 0 Å². The highest BCUT2D eigenvalue weighted by Gasteiger charge is 2.20. The summed E-state index contributed by atoms with van der Waals surface area (Å²) in [6.07, 6.45) is 2.07. The smallest absolute Gasteiger partial charge is 0.344 e. The van der Waals surface area contributed by atoms with Crippen LogP contribution >= 0.6 is 0 Å². The van der Waals surface area contributed by atoms with Crippen molar-refractivity contribution in [3.63, 3.8) is 0 Å². The largest absolute Gasteiger partial charge is 0.422 e. The SMILES string of the molecule is CN1CCC[C@@H](NC(=O)c2cccc(-c3cc4ccccc4oc3=O)c2)C1. The molecule has 0 radical (unpaired) electrons. The Bertz CT molecular complexity index is 1040. The fraction of sp³-hybridized carbons (Fsp3) is 0.273. The van der Waals surface area contributed by atoms with E-state index < -0.39 is 5.63 Å². The maximum absolute atomic E-state index is 12.7. The van der Waals surface area contributed by atoms with Crippen molar-refractivity contribution >= 4 is 16.9 Å². The fourth-order valence-electron chi connectivity index (χ4n) is 3.64. The average molecular weight is 362 g/mol. The highest BCUT2D eigenvalue weighted by atomic mass is 16.4. The standard InChI is InChI=1S/C22H22N2O3/c1-24-11-5-9-18(14-24)23-21(25)17-8-4-7-15(12-17)19-13-16-6-2-3-10-20(16)27-22(19)26/h2-4,6-8,10,12-13,18H,5,9,11,14H2,1H3,(H,23,25)/t18-/m1/s1. The van der Waals surface area contributed by atoms with E-state index in [1.165, 1.54) is 0 Å². The van der Waals surface area contributed by atoms with E-state index in [9.17, 15) is 9.59 Å². The van der Waals surface area contributed by atoms with Crippen LogP contribution in [0.15, 0.2) is 63.8 Å². The molecule has 1 aromatic heterocycles. The predicted octanol–water partition coefficient (Wildman–Crippen LogP) is 3.28. The van der Waals surface area contributed by atoms with E-state index in [-0.39, 0.29) is 11.9 Å². The maximum atomic E-state index is 12.7. The zero-order valence-corrected chi connectivity index (χ0v) is 15.3. The van der Waals surface area contributed by atoms with Crippen LogP contribution in [-0.4, -0.2) is 37.0 Å². The zero-order chi connectivity index (χ0) is 18.8. The molecule has 5 heteroatoms. The van der Waals surface area contributed by atoms with Crippen molar-refractivity contribution in [1.29, 1.82) is 0 Å². The first-order valence-electron chi connectivity index (χ1n) is 9.23. The van der Waals surface area contributed by atoms with E-state index in [4.69, 9.17) is 4.42 Å². The molecule has 1 atom stereocenters. The molecule has 0 saturated carbocycles. The van der Waals surface area contributed by atoms with Crippen molar-refractivity contribution in [2.75, 3.05) is 20.1 Å². The molecule has 2 aromatic carbocycles. The highest BCUT2D eigenvalue weighted by molar-refractivity contribution is 5.96. The Morgan fingerprint density at radius 3 is 2.85 bits per heavy atom. The summed E-state index contributed by atoms with van der Waals surface area (Å²) in [5.74, 6) is -0.109. The molecular weight excluding hydrogens is 340 g/mol. The monoisotopic (exact) mass is 362 g/mol. The first kappa shape index (κ1) is 17.5. The molecule has 1 saturated heterocycles. The van der Waals surface area contributed by atoms with Crippen LogP contribution in [0.4, 0.5) is 0 Å². The number of piperidine rings is 1. The lowest BCUT2D eigenvalue weighted by Gasteiger charge is -2.30. The molecule has 0 bridgehead atoms. The Morgan fingerprint density at radius 1 is 1.15 bits per heavy atom. The van der Waals surface area contributed by atoms with Gasteiger partial charge in [-0.1, -0.05) is 30.3 Å². The fourth-order valence-corrected chi connectivity index (χ4v) is 3.64. The summed E-state index contributed by atoms with van der Waals surface area (Å²) < 4.78 is 5.42. The molecule has 2 heterocycles. The van der Waals surface area contributed by atoms with Crippen LogP contribution in [0.5, 0.6) is 0 Å². The molecule has 1 fully saturated rings. The molecule has 27 heavy (non-hydrogen) atoms. The van der Waals surface area contributed by atoms with Crippen molar-refractivity contribution < 1.29 is 9.21 Å². The highest BCUT2D eigenvalue weighted by Crippen LogP contribution is 2.22. The van der Waals surface area contributed by atoms with Crippen molar-refractivity contribution in [2.24, 2.45) is 0 Å². The number of nitrogens with one attached hydrogen (secondary N) is 1. The van der Waals surface area contributed by atoms with Gasteiger partial charge in [-0.25, -0.2) is 4.79 Å². The summed E-state index contributed by atoms with van der Waals surface area (Å²) in [5.41, 5.74) is 1.85. The molecule has 0 unspecified atom stereocenters. The van der Waals surface area contributed by atoms with Gasteiger partial charge in [0, 0.05) is 23.5 Å². The summed E-state index contributed by atoms with van der Waals surface area (Å²) in [7, 11) is 2.07. The van der Waals surface area contributed by atoms with Crippen LogP contribution in [0.2, 0.25) is 0 Å². The summed E-state index contributed by atoms with van der Waals surface area (Å²) in [6, 6.07) is 16.5. The number of fused-ring (bicyclic) bond motifs is 1. The topological polar surface area (TPSA) is 62.6 Å². The average Bonchev–Trinajstić information content (AvgIpc) is 2.67. The molecule has 3 aromatic rings. The zero-order valence-electron chi connectivity index (χ0n) is 15.3. The number of para-hydroxylation sites is 1. The van der Waals surface area contributed by atoms with Gasteiger partial charge in [-0.05, 0) is 56.3 Å². The van der Waals surface area contributed by atoms with Crippen LogP contribution < -0.4 is 10.9 Å². The number of nitrogens with zero attached hydrogens (tertiary/aromatic N) is 1. The van der Waals surface area contributed by atoms with Gasteiger partial charge in [-0.15, -0.1) is 0 Å². The van der Waals surface area contributed by atoms with E-state index >= 15 is 0 Å². The summed E-state index contributed by atoms with van der Waals surface area (Å²) >= 11 is 0. The molecular formula is C22H22N2O3. The van der Waals surface area contributed by atoms with Crippen molar-refractivity contribution in [3.8, 4) is 11.1 Å². The van der Waals surface area contributed by atoms with Crippen LogP contribution in [0.25, 0.3) is 22.1 Å². The van der Waals surface area contributed by atoms with Crippen molar-refractivity contribution in [1.82, 2.24) is 10.2 Å². The Hall–Kier alpha value is -2.92. The number of hydrogen-bond acceptors (Lipinski definition) is 4. The van der Waals surface area contributed by atoms with Crippen LogP contribution in [0, 0.1) is 0 Å². The van der Waals surface area contributed by atoms with E-state index in [0.717, 1.165) is 31.3 Å². The third-order valence-corrected chi connectivity index (χ3v) is 5.04. The Morgan fingerprint density at radius 2 is 2.00 bits per heavy atom. The first-order valence-corrected chi connectivity index (χ1v) is 9.23. The molecule has 1 aliphatic rings. The molecule has 0 spiro atoms. The van der Waals surface area contributed by atoms with Gasteiger partial charge in [0.25, 0.3) is 5.91 Å². The maximum Gasteiger partial charge on any atom is 0.344 e. The van der Waals surface area contributed by atoms with Gasteiger partial charge in [0.05, 0.1) is 5.56 Å². The Kier molecular flexibility index (Phi) is 4.77. The van der Waals surface area contributed by atoms with Gasteiger partial charge < -0.3 is 14.6 Å². The summed E-state index contributed by atoms with van der Waals surface area (Å²) in [5, 5.41) is 3.96. The molecule has 1 amide bonds. The minimum Gasteiger partial charge on any atom is -0.422 e. The Labute approximate surface area is 157 Å². The number of carbonyl (C=O) groups is 1. The lowest BCUT2D eigenvalue weighted by Crippen LogP contribution is -2.46. The number of rotatable bonds is 3. The van der Waals surface area contributed by atoms with Gasteiger partial charge in [0.1, 0.15) is 5.58 Å². The lowest BCUT2D eigenvalue weighted by atomic mass is 10.0. The second kappa shape index (κ2) is 7.37. The third kappa shape index (κ3) is 3.78. The number of benzene rings is 2. The van der Waals surface area contributed by atoms with Crippen LogP contribution in [-0.2, 0) is 0 Å². The van der Waals surface area contributed by atoms with E-state index in [1.807, 2.05) is 30.3 Å². The van der Waals surface area contributed by atoms with Gasteiger partial charge >= 0.3 is 5.63 Å². The van der Waals surface area contributed by atoms with Gasteiger partial charge in [-0.2, -0.15) is 0 Å². The number of likely N-dealkylation sites (N-methyl/N-ethyl adjacent to an activating group) is 1. The molecule has 138 valence electrons. The molecule has 0 aliphatic carbocycles. The number of likely N-dealkylation sites (tertiary alicyclic amines) is 1. The minimum atomic E-state index is -0.403. The number of amides is 1.